The predicted octanol–water partition coefficient (Wildman–Crippen LogP) is 0.310. The van der Waals surface area contributed by atoms with E-state index in [-0.39, 0.29) is 12.5 Å². The largest absolute Gasteiger partial charge is 0.550 e. The maximum absolute atomic E-state index is 10.4. The van der Waals surface area contributed by atoms with E-state index in [0.717, 1.165) is 19.3 Å². The number of nitrogens with zero attached hydrogens (tertiary/aromatic N) is 1. The number of rotatable bonds is 9. The highest BCUT2D eigenvalue weighted by Gasteiger charge is 2.19. The van der Waals surface area contributed by atoms with Crippen LogP contribution in [0.15, 0.2) is 12.2 Å². The summed E-state index contributed by atoms with van der Waals surface area (Å²) in [5.41, 5.74) is 0. The number of carbonyl (C=O) groups excluding carboxylic acids is 1. The van der Waals surface area contributed by atoms with Crippen LogP contribution in [0, 0.1) is 0 Å². The van der Waals surface area contributed by atoms with Gasteiger partial charge in [0.05, 0.1) is 20.6 Å². The number of carboxylic acids is 1. The minimum absolute atomic E-state index is 0.0400. The number of carboxylic acid groups (broad SMARTS) is 1. The van der Waals surface area contributed by atoms with Crippen LogP contribution in [0.2, 0.25) is 0 Å². The van der Waals surface area contributed by atoms with Crippen molar-refractivity contribution in [3.05, 3.63) is 12.2 Å². The molecule has 0 aliphatic heterocycles. The minimum atomic E-state index is -1.03. The summed E-state index contributed by atoms with van der Waals surface area (Å²) in [7, 11) is 3.86. The fourth-order valence-electron chi connectivity index (χ4n) is 1.79. The Morgan fingerprint density at radius 1 is 1.47 bits per heavy atom. The summed E-state index contributed by atoms with van der Waals surface area (Å²) in [4.78, 5) is 10.4. The Hall–Kier alpha value is -0.870. The van der Waals surface area contributed by atoms with Crippen LogP contribution in [-0.4, -0.2) is 48.8 Å². The van der Waals surface area contributed by atoms with Gasteiger partial charge < -0.3 is 19.5 Å². The van der Waals surface area contributed by atoms with Gasteiger partial charge in [0.25, 0.3) is 0 Å². The molecule has 17 heavy (non-hydrogen) atoms. The number of hydrogen-bond donors (Lipinski definition) is 1. The molecule has 0 fully saturated rings. The molecule has 0 aromatic rings. The third-order valence-electron chi connectivity index (χ3n) is 2.77. The molecule has 1 atom stereocenters. The van der Waals surface area contributed by atoms with Gasteiger partial charge in [0.15, 0.2) is 0 Å². The zero-order chi connectivity index (χ0) is 13.3. The fraction of sp³-hybridized carbons (Fsp3) is 0.769. The normalized spacial score (nSPS) is 14.1. The lowest BCUT2D eigenvalue weighted by Gasteiger charge is -2.32. The molecule has 0 radical (unpaired) electrons. The van der Waals surface area contributed by atoms with Crippen molar-refractivity contribution in [2.75, 3.05) is 27.2 Å². The standard InChI is InChI=1S/C13H25NO3/c1-4-5-6-7-8-12(15)11-14(2,3)10-9-13(16)17/h4-5,12,15H,6-11H2,1-3H3/b5-4+. The number of quaternary nitrogens is 1. The fourth-order valence-corrected chi connectivity index (χ4v) is 1.79. The maximum Gasteiger partial charge on any atom is 0.105 e. The Morgan fingerprint density at radius 2 is 2.12 bits per heavy atom. The van der Waals surface area contributed by atoms with E-state index in [1.165, 1.54) is 0 Å². The molecule has 4 heteroatoms. The van der Waals surface area contributed by atoms with Crippen molar-refractivity contribution < 1.29 is 19.5 Å². The number of allylic oxidation sites excluding steroid dienone is 2. The van der Waals surface area contributed by atoms with E-state index in [4.69, 9.17) is 0 Å². The van der Waals surface area contributed by atoms with E-state index >= 15 is 0 Å². The summed E-state index contributed by atoms with van der Waals surface area (Å²) in [6, 6.07) is 0. The first-order valence-corrected chi connectivity index (χ1v) is 6.18. The second-order valence-electron chi connectivity index (χ2n) is 5.12. The van der Waals surface area contributed by atoms with Crippen LogP contribution in [0.5, 0.6) is 0 Å². The Morgan fingerprint density at radius 3 is 2.65 bits per heavy atom. The SMILES string of the molecule is C/C=C/CCCC(O)C[N+](C)(C)CCC(=O)[O-]. The van der Waals surface area contributed by atoms with Crippen LogP contribution in [0.3, 0.4) is 0 Å². The van der Waals surface area contributed by atoms with Gasteiger partial charge in [-0.2, -0.15) is 0 Å². The molecule has 0 bridgehead atoms. The molecule has 0 rings (SSSR count). The quantitative estimate of drug-likeness (QED) is 0.360. The number of aliphatic hydroxyl groups is 1. The molecular formula is C13H25NO3. The van der Waals surface area contributed by atoms with Gasteiger partial charge in [-0.1, -0.05) is 12.2 Å². The maximum atomic E-state index is 10.4. The summed E-state index contributed by atoms with van der Waals surface area (Å²) in [6.07, 6.45) is 6.48. The molecule has 0 heterocycles. The van der Waals surface area contributed by atoms with Crippen LogP contribution < -0.4 is 5.11 Å². The van der Waals surface area contributed by atoms with Crippen molar-refractivity contribution in [3.8, 4) is 0 Å². The Labute approximate surface area is 104 Å². The monoisotopic (exact) mass is 243 g/mol. The van der Waals surface area contributed by atoms with Gasteiger partial charge in [-0.3, -0.25) is 0 Å². The van der Waals surface area contributed by atoms with Crippen LogP contribution in [0.4, 0.5) is 0 Å². The van der Waals surface area contributed by atoms with Crippen molar-refractivity contribution in [2.24, 2.45) is 0 Å². The smallest absolute Gasteiger partial charge is 0.105 e. The minimum Gasteiger partial charge on any atom is -0.550 e. The highest BCUT2D eigenvalue weighted by atomic mass is 16.4. The van der Waals surface area contributed by atoms with Gasteiger partial charge in [-0.25, -0.2) is 0 Å². The molecule has 4 nitrogen and oxygen atoms in total. The topological polar surface area (TPSA) is 60.4 Å². The van der Waals surface area contributed by atoms with E-state index in [2.05, 4.69) is 6.08 Å². The summed E-state index contributed by atoms with van der Waals surface area (Å²) < 4.78 is 0.513. The lowest BCUT2D eigenvalue weighted by molar-refractivity contribution is -0.893. The molecule has 0 amide bonds. The lowest BCUT2D eigenvalue weighted by atomic mass is 10.1. The first kappa shape index (κ1) is 16.1. The highest BCUT2D eigenvalue weighted by molar-refractivity contribution is 5.64. The second-order valence-corrected chi connectivity index (χ2v) is 5.12. The molecule has 0 saturated carbocycles. The van der Waals surface area contributed by atoms with Crippen LogP contribution in [-0.2, 0) is 4.79 Å². The number of hydrogen-bond acceptors (Lipinski definition) is 3. The summed E-state index contributed by atoms with van der Waals surface area (Å²) in [6.45, 7) is 3.06. The van der Waals surface area contributed by atoms with E-state index in [1.807, 2.05) is 27.1 Å². The van der Waals surface area contributed by atoms with Crippen LogP contribution in [0.25, 0.3) is 0 Å². The van der Waals surface area contributed by atoms with E-state index < -0.39 is 5.97 Å². The number of carbonyl (C=O) groups is 1. The first-order chi connectivity index (χ1) is 7.87. The molecule has 0 aliphatic rings. The second kappa shape index (κ2) is 8.25. The zero-order valence-electron chi connectivity index (χ0n) is 11.2. The third kappa shape index (κ3) is 10.0. The number of unbranched alkanes of at least 4 members (excludes halogenated alkanes) is 1. The van der Waals surface area contributed by atoms with Gasteiger partial charge in [0.2, 0.25) is 0 Å². The van der Waals surface area contributed by atoms with Crippen molar-refractivity contribution in [3.63, 3.8) is 0 Å². The van der Waals surface area contributed by atoms with Crippen molar-refractivity contribution >= 4 is 5.97 Å². The molecule has 100 valence electrons. The molecule has 0 aromatic heterocycles. The predicted molar refractivity (Wildman–Crippen MR) is 66.1 cm³/mol. The Kier molecular flexibility index (Phi) is 7.83. The number of likely N-dealkylation sites (N-methyl/N-ethyl adjacent to an activating group) is 1. The first-order valence-electron chi connectivity index (χ1n) is 6.18. The molecule has 0 aliphatic carbocycles. The number of aliphatic carboxylic acids is 1. The molecular weight excluding hydrogens is 218 g/mol. The molecule has 1 N–H and O–H groups in total. The number of aliphatic hydroxyl groups excluding tert-OH is 1. The summed E-state index contributed by atoms with van der Waals surface area (Å²) >= 11 is 0. The average molecular weight is 243 g/mol. The van der Waals surface area contributed by atoms with Crippen molar-refractivity contribution in [1.29, 1.82) is 0 Å². The van der Waals surface area contributed by atoms with Crippen LogP contribution in [0.1, 0.15) is 32.6 Å². The van der Waals surface area contributed by atoms with Crippen molar-refractivity contribution in [1.82, 2.24) is 0 Å². The summed E-state index contributed by atoms with van der Waals surface area (Å²) in [5.74, 6) is -1.03. The van der Waals surface area contributed by atoms with E-state index in [0.29, 0.717) is 17.6 Å². The van der Waals surface area contributed by atoms with Crippen LogP contribution >= 0.6 is 0 Å². The molecule has 0 spiro atoms. The average Bonchev–Trinajstić information content (AvgIpc) is 2.21. The molecule has 0 saturated heterocycles. The van der Waals surface area contributed by atoms with Gasteiger partial charge in [0.1, 0.15) is 12.6 Å². The van der Waals surface area contributed by atoms with Gasteiger partial charge in [-0.15, -0.1) is 0 Å². The Balaban J connectivity index is 3.83. The van der Waals surface area contributed by atoms with Gasteiger partial charge in [0, 0.05) is 12.4 Å². The zero-order valence-corrected chi connectivity index (χ0v) is 11.2. The third-order valence-corrected chi connectivity index (χ3v) is 2.77. The van der Waals surface area contributed by atoms with Gasteiger partial charge in [-0.05, 0) is 26.2 Å². The van der Waals surface area contributed by atoms with E-state index in [9.17, 15) is 15.0 Å². The Bertz CT molecular complexity index is 249. The lowest BCUT2D eigenvalue weighted by Crippen LogP contribution is -2.47. The van der Waals surface area contributed by atoms with E-state index in [1.54, 1.807) is 0 Å². The molecule has 1 unspecified atom stereocenters. The molecule has 0 aromatic carbocycles. The highest BCUT2D eigenvalue weighted by Crippen LogP contribution is 2.08. The van der Waals surface area contributed by atoms with Gasteiger partial charge >= 0.3 is 0 Å². The summed E-state index contributed by atoms with van der Waals surface area (Å²) in [5, 5.41) is 20.2. The van der Waals surface area contributed by atoms with Crippen molar-refractivity contribution in [2.45, 2.75) is 38.7 Å².